The lowest BCUT2D eigenvalue weighted by Gasteiger charge is -2.24. The molecule has 3 rings (SSSR count). The van der Waals surface area contributed by atoms with E-state index in [0.717, 1.165) is 24.4 Å². The summed E-state index contributed by atoms with van der Waals surface area (Å²) in [4.78, 5) is 16.5. The first kappa shape index (κ1) is 23.7. The number of anilines is 2. The van der Waals surface area contributed by atoms with Gasteiger partial charge in [0.15, 0.2) is 0 Å². The minimum Gasteiger partial charge on any atom is -0.497 e. The lowest BCUT2D eigenvalue weighted by molar-refractivity contribution is -0.128. The van der Waals surface area contributed by atoms with Crippen LogP contribution in [0.25, 0.3) is 0 Å². The van der Waals surface area contributed by atoms with Gasteiger partial charge in [-0.3, -0.25) is 9.52 Å². The molecule has 1 fully saturated rings. The van der Waals surface area contributed by atoms with Gasteiger partial charge in [0, 0.05) is 37.6 Å². The van der Waals surface area contributed by atoms with Gasteiger partial charge in [-0.1, -0.05) is 0 Å². The van der Waals surface area contributed by atoms with Crippen LogP contribution in [-0.2, 0) is 14.8 Å². The van der Waals surface area contributed by atoms with Crippen LogP contribution in [0.1, 0.15) is 20.3 Å². The van der Waals surface area contributed by atoms with Gasteiger partial charge in [-0.25, -0.2) is 8.42 Å². The van der Waals surface area contributed by atoms with E-state index in [9.17, 15) is 13.2 Å². The number of carbonyl (C=O) groups excluding carboxylic acids is 1. The molecule has 8 nitrogen and oxygen atoms in total. The molecule has 1 aliphatic rings. The molecule has 32 heavy (non-hydrogen) atoms. The Bertz CT molecular complexity index is 991. The van der Waals surface area contributed by atoms with Crippen molar-refractivity contribution in [3.05, 3.63) is 48.5 Å². The summed E-state index contributed by atoms with van der Waals surface area (Å²) in [5.74, 6) is 0.471. The molecule has 0 radical (unpaired) electrons. The molecule has 1 saturated heterocycles. The second-order valence-corrected chi connectivity index (χ2v) is 9.69. The van der Waals surface area contributed by atoms with Gasteiger partial charge in [0.25, 0.3) is 0 Å². The number of sulfonamides is 1. The van der Waals surface area contributed by atoms with Crippen LogP contribution in [0.3, 0.4) is 0 Å². The van der Waals surface area contributed by atoms with E-state index in [-0.39, 0.29) is 6.10 Å². The third-order valence-corrected chi connectivity index (χ3v) is 6.27. The van der Waals surface area contributed by atoms with Gasteiger partial charge in [0.2, 0.25) is 15.9 Å². The Hall–Kier alpha value is -2.94. The monoisotopic (exact) mass is 461 g/mol. The van der Waals surface area contributed by atoms with E-state index < -0.39 is 21.7 Å². The fourth-order valence-corrected chi connectivity index (χ4v) is 4.64. The third-order valence-electron chi connectivity index (χ3n) is 5.10. The van der Waals surface area contributed by atoms with Crippen LogP contribution in [-0.4, -0.2) is 64.4 Å². The molecule has 2 aromatic rings. The summed E-state index contributed by atoms with van der Waals surface area (Å²) < 4.78 is 38.3. The highest BCUT2D eigenvalue weighted by Gasteiger charge is 2.24. The van der Waals surface area contributed by atoms with Crippen molar-refractivity contribution in [1.29, 1.82) is 0 Å². The van der Waals surface area contributed by atoms with Crippen molar-refractivity contribution in [3.8, 4) is 11.5 Å². The van der Waals surface area contributed by atoms with Crippen molar-refractivity contribution in [2.75, 3.05) is 48.7 Å². The quantitative estimate of drug-likeness (QED) is 0.650. The minimum absolute atomic E-state index is 0.0319. The summed E-state index contributed by atoms with van der Waals surface area (Å²) in [6.07, 6.45) is 0.798. The summed E-state index contributed by atoms with van der Waals surface area (Å²) in [7, 11) is -2.19. The molecule has 1 heterocycles. The van der Waals surface area contributed by atoms with Crippen LogP contribution in [0, 0.1) is 0 Å². The molecule has 174 valence electrons. The largest absolute Gasteiger partial charge is 0.497 e. The predicted molar refractivity (Wildman–Crippen MR) is 126 cm³/mol. The second-order valence-electron chi connectivity index (χ2n) is 7.97. The van der Waals surface area contributed by atoms with Gasteiger partial charge in [-0.05, 0) is 68.8 Å². The Morgan fingerprint density at radius 3 is 2.25 bits per heavy atom. The number of amides is 1. The molecule has 0 unspecified atom stereocenters. The van der Waals surface area contributed by atoms with Crippen LogP contribution in [0.15, 0.2) is 48.5 Å². The normalized spacial score (nSPS) is 14.8. The fraction of sp³-hybridized carbons (Fsp3) is 0.435. The Morgan fingerprint density at radius 1 is 0.969 bits per heavy atom. The van der Waals surface area contributed by atoms with E-state index in [1.165, 1.54) is 0 Å². The molecule has 0 atom stereocenters. The zero-order chi connectivity index (χ0) is 23.1. The highest BCUT2D eigenvalue weighted by molar-refractivity contribution is 7.93. The maximum absolute atomic E-state index is 12.7. The highest BCUT2D eigenvalue weighted by Crippen LogP contribution is 2.21. The molecule has 1 aliphatic heterocycles. The number of benzene rings is 2. The zero-order valence-corrected chi connectivity index (χ0v) is 19.6. The SMILES string of the molecule is COc1ccc(N2CCCN(C(=O)CS(=O)(=O)Nc3ccc(OC(C)C)cc3)CC2)cc1. The van der Waals surface area contributed by atoms with Crippen LogP contribution in [0.5, 0.6) is 11.5 Å². The average molecular weight is 462 g/mol. The van der Waals surface area contributed by atoms with E-state index in [1.54, 1.807) is 36.3 Å². The van der Waals surface area contributed by atoms with E-state index in [1.807, 2.05) is 38.1 Å². The predicted octanol–water partition coefficient (Wildman–Crippen LogP) is 2.96. The van der Waals surface area contributed by atoms with Gasteiger partial charge < -0.3 is 19.3 Å². The molecule has 0 aliphatic carbocycles. The van der Waals surface area contributed by atoms with Gasteiger partial charge in [0.1, 0.15) is 17.3 Å². The van der Waals surface area contributed by atoms with Crippen LogP contribution in [0.2, 0.25) is 0 Å². The second kappa shape index (κ2) is 10.6. The number of nitrogens with one attached hydrogen (secondary N) is 1. The fourth-order valence-electron chi connectivity index (χ4n) is 3.56. The van der Waals surface area contributed by atoms with Crippen molar-refractivity contribution < 1.29 is 22.7 Å². The first-order valence-electron chi connectivity index (χ1n) is 10.7. The molecule has 9 heteroatoms. The standard InChI is InChI=1S/C23H31N3O5S/c1-18(2)31-22-9-5-19(6-10-22)24-32(28,29)17-23(27)26-14-4-13-25(15-16-26)20-7-11-21(30-3)12-8-20/h5-12,18,24H,4,13-17H2,1-3H3. The number of carbonyl (C=O) groups is 1. The molecular formula is C23H31N3O5S. The summed E-state index contributed by atoms with van der Waals surface area (Å²) in [6, 6.07) is 14.4. The van der Waals surface area contributed by atoms with Crippen molar-refractivity contribution in [2.24, 2.45) is 0 Å². The Labute approximate surface area is 190 Å². The molecule has 1 amide bonds. The van der Waals surface area contributed by atoms with Gasteiger partial charge in [0.05, 0.1) is 13.2 Å². The number of ether oxygens (including phenoxy) is 2. The lowest BCUT2D eigenvalue weighted by atomic mass is 10.2. The maximum Gasteiger partial charge on any atom is 0.241 e. The van der Waals surface area contributed by atoms with Crippen LogP contribution >= 0.6 is 0 Å². The summed E-state index contributed by atoms with van der Waals surface area (Å²) >= 11 is 0. The molecular weight excluding hydrogens is 430 g/mol. The molecule has 0 spiro atoms. The number of nitrogens with zero attached hydrogens (tertiary/aromatic N) is 2. The van der Waals surface area contributed by atoms with E-state index >= 15 is 0 Å². The van der Waals surface area contributed by atoms with Gasteiger partial charge in [-0.2, -0.15) is 0 Å². The van der Waals surface area contributed by atoms with E-state index in [2.05, 4.69) is 9.62 Å². The van der Waals surface area contributed by atoms with Gasteiger partial charge >= 0.3 is 0 Å². The molecule has 0 aromatic heterocycles. The summed E-state index contributed by atoms with van der Waals surface area (Å²) in [5, 5.41) is 0. The first-order valence-corrected chi connectivity index (χ1v) is 12.3. The Balaban J connectivity index is 1.55. The number of rotatable bonds is 8. The number of methoxy groups -OCH3 is 1. The summed E-state index contributed by atoms with van der Waals surface area (Å²) in [6.45, 7) is 6.28. The number of hydrogen-bond donors (Lipinski definition) is 1. The summed E-state index contributed by atoms with van der Waals surface area (Å²) in [5.41, 5.74) is 1.45. The highest BCUT2D eigenvalue weighted by atomic mass is 32.2. The molecule has 0 saturated carbocycles. The van der Waals surface area contributed by atoms with E-state index in [0.29, 0.717) is 31.1 Å². The average Bonchev–Trinajstić information content (AvgIpc) is 3.01. The van der Waals surface area contributed by atoms with Crippen molar-refractivity contribution in [2.45, 2.75) is 26.4 Å². The molecule has 2 aromatic carbocycles. The van der Waals surface area contributed by atoms with Gasteiger partial charge in [-0.15, -0.1) is 0 Å². The maximum atomic E-state index is 12.7. The van der Waals surface area contributed by atoms with E-state index in [4.69, 9.17) is 9.47 Å². The molecule has 0 bridgehead atoms. The Morgan fingerprint density at radius 2 is 1.62 bits per heavy atom. The van der Waals surface area contributed by atoms with Crippen molar-refractivity contribution in [1.82, 2.24) is 4.90 Å². The smallest absolute Gasteiger partial charge is 0.241 e. The zero-order valence-electron chi connectivity index (χ0n) is 18.8. The van der Waals surface area contributed by atoms with Crippen molar-refractivity contribution in [3.63, 3.8) is 0 Å². The molecule has 1 N–H and O–H groups in total. The topological polar surface area (TPSA) is 88.2 Å². The first-order chi connectivity index (χ1) is 15.3. The lowest BCUT2D eigenvalue weighted by Crippen LogP contribution is -2.39. The minimum atomic E-state index is -3.81. The van der Waals surface area contributed by atoms with Crippen LogP contribution < -0.4 is 19.1 Å². The number of hydrogen-bond acceptors (Lipinski definition) is 6. The van der Waals surface area contributed by atoms with Crippen molar-refractivity contribution >= 4 is 27.3 Å². The Kier molecular flexibility index (Phi) is 7.84. The third kappa shape index (κ3) is 6.78. The van der Waals surface area contributed by atoms with Crippen LogP contribution in [0.4, 0.5) is 11.4 Å².